The highest BCUT2D eigenvalue weighted by Crippen LogP contribution is 2.60. The smallest absolute Gasteiger partial charge is 0.264 e. The first kappa shape index (κ1) is 37.7. The maximum absolute atomic E-state index is 14.9. The van der Waals surface area contributed by atoms with E-state index in [1.165, 1.54) is 0 Å². The fraction of sp³-hybridized carbons (Fsp3) is 0.341. The molecule has 3 amide bonds. The largest absolute Gasteiger partial charge is 0.497 e. The third-order valence-corrected chi connectivity index (χ3v) is 12.9. The predicted molar refractivity (Wildman–Crippen MR) is 204 cm³/mol. The van der Waals surface area contributed by atoms with Gasteiger partial charge in [-0.1, -0.05) is 49.4 Å². The number of nitrogens with one attached hydrogen (secondary N) is 1. The minimum Gasteiger partial charge on any atom is -0.497 e. The average molecular weight is 738 g/mol. The van der Waals surface area contributed by atoms with Gasteiger partial charge in [0.1, 0.15) is 11.5 Å². The Hall–Kier alpha value is -5.01. The summed E-state index contributed by atoms with van der Waals surface area (Å²) < 4.78 is 17.7. The third kappa shape index (κ3) is 7.58. The number of anilines is 2. The average Bonchev–Trinajstić information content (AvgIpc) is 3.58. The number of benzene rings is 4. The van der Waals surface area contributed by atoms with Crippen LogP contribution in [0.1, 0.15) is 40.4 Å². The van der Waals surface area contributed by atoms with Crippen molar-refractivity contribution in [3.63, 3.8) is 0 Å². The van der Waals surface area contributed by atoms with Gasteiger partial charge in [-0.15, -0.1) is 0 Å². The van der Waals surface area contributed by atoms with E-state index in [9.17, 15) is 24.3 Å². The Bertz CT molecular complexity index is 1930. The molecule has 0 unspecified atom stereocenters. The number of carbonyl (C=O) groups is 3. The van der Waals surface area contributed by atoms with Gasteiger partial charge in [-0.25, -0.2) is 0 Å². The Morgan fingerprint density at radius 3 is 2.21 bits per heavy atom. The van der Waals surface area contributed by atoms with Crippen molar-refractivity contribution < 1.29 is 38.5 Å². The van der Waals surface area contributed by atoms with E-state index in [1.807, 2.05) is 74.6 Å². The number of rotatable bonds is 13. The van der Waals surface area contributed by atoms with E-state index in [1.54, 1.807) is 66.5 Å². The van der Waals surface area contributed by atoms with Crippen molar-refractivity contribution >= 4 is 37.4 Å². The molecule has 53 heavy (non-hydrogen) atoms. The molecular formula is C41H47N3O8Si. The Balaban J connectivity index is 1.27. The van der Waals surface area contributed by atoms with Gasteiger partial charge >= 0.3 is 0 Å². The molecule has 0 saturated carbocycles. The van der Waals surface area contributed by atoms with Crippen molar-refractivity contribution in [3.8, 4) is 11.5 Å². The molecule has 2 aliphatic heterocycles. The standard InChI is InChI=1S/C41H47N3O8Si/c1-27-38(53(4,5)49)36(24-37(46)43(21-22-45)25-28-9-7-6-8-10-28)52-41(27)34-23-33(51-3)19-20-35(34)44(40(41)48)26-29-11-15-31(16-12-29)42-39(47)30-13-17-32(50-2)18-14-30/h6-20,23,27,36,38,45,49H,21-22,24-26H2,1-5H3,(H,42,47)/t27-,36+,38-,41+/m0/s1. The molecule has 4 atom stereocenters. The van der Waals surface area contributed by atoms with Crippen LogP contribution in [0.2, 0.25) is 18.6 Å². The van der Waals surface area contributed by atoms with Gasteiger partial charge in [0.2, 0.25) is 5.91 Å². The first-order valence-electron chi connectivity index (χ1n) is 17.8. The molecule has 1 fully saturated rings. The summed E-state index contributed by atoms with van der Waals surface area (Å²) in [7, 11) is 0.0871. The molecule has 6 rings (SSSR count). The molecule has 4 aromatic carbocycles. The van der Waals surface area contributed by atoms with Gasteiger partial charge in [0.15, 0.2) is 13.9 Å². The summed E-state index contributed by atoms with van der Waals surface area (Å²) in [5.74, 6) is -0.0328. The Kier molecular flexibility index (Phi) is 11.1. The molecule has 0 aliphatic carbocycles. The van der Waals surface area contributed by atoms with Crippen molar-refractivity contribution in [1.82, 2.24) is 4.90 Å². The number of aliphatic hydroxyl groups excluding tert-OH is 1. The predicted octanol–water partition coefficient (Wildman–Crippen LogP) is 5.71. The molecule has 1 saturated heterocycles. The summed E-state index contributed by atoms with van der Waals surface area (Å²) in [5, 5.41) is 12.7. The van der Waals surface area contributed by atoms with E-state index in [0.717, 1.165) is 11.1 Å². The van der Waals surface area contributed by atoms with Gasteiger partial charge in [-0.3, -0.25) is 14.4 Å². The van der Waals surface area contributed by atoms with Gasteiger partial charge in [0.05, 0.1) is 45.6 Å². The van der Waals surface area contributed by atoms with Crippen molar-refractivity contribution in [2.24, 2.45) is 5.92 Å². The van der Waals surface area contributed by atoms with Crippen molar-refractivity contribution in [2.45, 2.75) is 56.8 Å². The zero-order chi connectivity index (χ0) is 37.9. The van der Waals surface area contributed by atoms with Gasteiger partial charge in [0.25, 0.3) is 11.8 Å². The maximum atomic E-state index is 14.9. The van der Waals surface area contributed by atoms with Crippen molar-refractivity contribution in [3.05, 3.63) is 119 Å². The van der Waals surface area contributed by atoms with E-state index >= 15 is 0 Å². The molecular weight excluding hydrogens is 691 g/mol. The summed E-state index contributed by atoms with van der Waals surface area (Å²) in [4.78, 5) is 56.7. The second kappa shape index (κ2) is 15.5. The zero-order valence-electron chi connectivity index (χ0n) is 30.7. The highest BCUT2D eigenvalue weighted by atomic mass is 28.4. The number of methoxy groups -OCH3 is 2. The normalized spacial score (nSPS) is 20.7. The zero-order valence-corrected chi connectivity index (χ0v) is 31.7. The summed E-state index contributed by atoms with van der Waals surface area (Å²) in [6.45, 7) is 6.05. The van der Waals surface area contributed by atoms with E-state index in [0.29, 0.717) is 40.5 Å². The van der Waals surface area contributed by atoms with Crippen LogP contribution < -0.4 is 19.7 Å². The molecule has 0 radical (unpaired) electrons. The summed E-state index contributed by atoms with van der Waals surface area (Å²) in [5.41, 5.74) is 2.20. The second-order valence-electron chi connectivity index (χ2n) is 14.2. The van der Waals surface area contributed by atoms with Crippen molar-refractivity contribution in [1.29, 1.82) is 0 Å². The molecule has 3 N–H and O–H groups in total. The Labute approximate surface area is 311 Å². The van der Waals surface area contributed by atoms with Crippen LogP contribution in [0.25, 0.3) is 0 Å². The Morgan fingerprint density at radius 2 is 1.58 bits per heavy atom. The monoisotopic (exact) mass is 737 g/mol. The Morgan fingerprint density at radius 1 is 0.925 bits per heavy atom. The number of amides is 3. The first-order chi connectivity index (χ1) is 25.4. The summed E-state index contributed by atoms with van der Waals surface area (Å²) in [6, 6.07) is 29.2. The van der Waals surface area contributed by atoms with Crippen LogP contribution in [-0.4, -0.2) is 74.3 Å². The fourth-order valence-electron chi connectivity index (χ4n) is 7.88. The number of hydrogen-bond donors (Lipinski definition) is 3. The molecule has 12 heteroatoms. The van der Waals surface area contributed by atoms with Crippen LogP contribution in [0, 0.1) is 5.92 Å². The van der Waals surface area contributed by atoms with E-state index < -0.39 is 31.5 Å². The number of fused-ring (bicyclic) bond motifs is 2. The van der Waals surface area contributed by atoms with Crippen LogP contribution in [0.15, 0.2) is 97.1 Å². The molecule has 0 bridgehead atoms. The number of hydrogen-bond acceptors (Lipinski definition) is 8. The SMILES string of the molecule is COc1ccc(C(=O)Nc2ccc(CN3C(=O)[C@]4(O[C@H](CC(=O)N(CCO)Cc5ccccc5)[C@@H]([Si](C)(C)O)[C@@H]4C)c4cc(OC)ccc43)cc2)cc1. The number of nitrogens with zero attached hydrogens (tertiary/aromatic N) is 2. The molecule has 2 heterocycles. The van der Waals surface area contributed by atoms with Crippen LogP contribution in [0.3, 0.4) is 0 Å². The molecule has 2 aliphatic rings. The number of ether oxygens (including phenoxy) is 3. The molecule has 1 spiro atoms. The maximum Gasteiger partial charge on any atom is 0.264 e. The molecule has 0 aromatic heterocycles. The highest BCUT2D eigenvalue weighted by Gasteiger charge is 2.66. The lowest BCUT2D eigenvalue weighted by molar-refractivity contribution is -0.150. The molecule has 4 aromatic rings. The first-order valence-corrected chi connectivity index (χ1v) is 20.8. The van der Waals surface area contributed by atoms with Gasteiger partial charge in [-0.2, -0.15) is 0 Å². The van der Waals surface area contributed by atoms with Crippen LogP contribution >= 0.6 is 0 Å². The van der Waals surface area contributed by atoms with E-state index in [2.05, 4.69) is 5.32 Å². The lowest BCUT2D eigenvalue weighted by atomic mass is 9.82. The van der Waals surface area contributed by atoms with Crippen LogP contribution in [0.4, 0.5) is 11.4 Å². The quantitative estimate of drug-likeness (QED) is 0.149. The summed E-state index contributed by atoms with van der Waals surface area (Å²) in [6.07, 6.45) is -0.811. The number of carbonyl (C=O) groups excluding carboxylic acids is 3. The van der Waals surface area contributed by atoms with Gasteiger partial charge in [-0.05, 0) is 78.8 Å². The second-order valence-corrected chi connectivity index (χ2v) is 18.2. The minimum absolute atomic E-state index is 0.0587. The van der Waals surface area contributed by atoms with Crippen LogP contribution in [0.5, 0.6) is 11.5 Å². The summed E-state index contributed by atoms with van der Waals surface area (Å²) >= 11 is 0. The highest BCUT2D eigenvalue weighted by molar-refractivity contribution is 6.71. The van der Waals surface area contributed by atoms with Gasteiger partial charge in [0, 0.05) is 41.4 Å². The molecule has 278 valence electrons. The molecule has 11 nitrogen and oxygen atoms in total. The van der Waals surface area contributed by atoms with E-state index in [-0.39, 0.29) is 43.8 Å². The van der Waals surface area contributed by atoms with Gasteiger partial charge < -0.3 is 39.2 Å². The number of aliphatic hydroxyl groups is 1. The topological polar surface area (TPSA) is 138 Å². The lowest BCUT2D eigenvalue weighted by Gasteiger charge is -2.32. The van der Waals surface area contributed by atoms with Crippen LogP contribution in [-0.2, 0) is 33.0 Å². The lowest BCUT2D eigenvalue weighted by Crippen LogP contribution is -2.46. The van der Waals surface area contributed by atoms with Crippen molar-refractivity contribution in [2.75, 3.05) is 37.6 Å². The minimum atomic E-state index is -3.04. The van der Waals surface area contributed by atoms with E-state index in [4.69, 9.17) is 14.2 Å². The third-order valence-electron chi connectivity index (χ3n) is 10.4. The fourth-order valence-corrected chi connectivity index (χ4v) is 10.4.